The number of anilines is 5. The minimum Gasteiger partial charge on any atom is -0.311 e. The average molecular weight is 432 g/mol. The van der Waals surface area contributed by atoms with Crippen molar-refractivity contribution in [1.29, 1.82) is 0 Å². The number of para-hydroxylation sites is 3. The lowest BCUT2D eigenvalue weighted by molar-refractivity contribution is 1.18. The highest BCUT2D eigenvalue weighted by Crippen LogP contribution is 2.45. The molecule has 3 aliphatic rings. The molecule has 158 valence electrons. The molecular formula is C31H21BN2. The summed E-state index contributed by atoms with van der Waals surface area (Å²) in [5.41, 5.74) is 14.5. The fourth-order valence-corrected chi connectivity index (χ4v) is 5.56. The Balaban J connectivity index is 1.58. The molecule has 2 heterocycles. The zero-order valence-electron chi connectivity index (χ0n) is 18.6. The smallest absolute Gasteiger partial charge is 0.252 e. The van der Waals surface area contributed by atoms with Crippen molar-refractivity contribution in [3.8, 4) is 0 Å². The highest BCUT2D eigenvalue weighted by atomic mass is 15.2. The molecule has 2 aliphatic heterocycles. The standard InChI is InChI=1S/C31H21BN2/c1-4-13-23(14-5-1)33-27-19-9-3-8-17-25(27)32-26-18-10-11-20-28(26)34(24-15-6-2-7-16-24)30-22-12-21-29(33)31(30)32/h1-2,4-22H. The molecule has 7 rings (SSSR count). The zero-order valence-corrected chi connectivity index (χ0v) is 18.6. The van der Waals surface area contributed by atoms with Crippen LogP contribution >= 0.6 is 0 Å². The lowest BCUT2D eigenvalue weighted by atomic mass is 9.32. The summed E-state index contributed by atoms with van der Waals surface area (Å²) in [6, 6.07) is 36.9. The number of benzene rings is 4. The molecule has 0 amide bonds. The van der Waals surface area contributed by atoms with Crippen molar-refractivity contribution < 1.29 is 0 Å². The van der Waals surface area contributed by atoms with E-state index in [9.17, 15) is 0 Å². The molecule has 3 heteroatoms. The van der Waals surface area contributed by atoms with E-state index in [4.69, 9.17) is 0 Å². The van der Waals surface area contributed by atoms with E-state index in [0.717, 1.165) is 5.69 Å². The summed E-state index contributed by atoms with van der Waals surface area (Å²) < 4.78 is 0. The van der Waals surface area contributed by atoms with Gasteiger partial charge in [0.25, 0.3) is 6.71 Å². The van der Waals surface area contributed by atoms with E-state index in [1.807, 2.05) is 12.2 Å². The van der Waals surface area contributed by atoms with Crippen molar-refractivity contribution in [2.45, 2.75) is 0 Å². The summed E-state index contributed by atoms with van der Waals surface area (Å²) in [6.45, 7) is 0.151. The first-order chi connectivity index (χ1) is 16.9. The van der Waals surface area contributed by atoms with Crippen LogP contribution in [-0.2, 0) is 0 Å². The lowest BCUT2D eigenvalue weighted by Crippen LogP contribution is -2.56. The second-order valence-corrected chi connectivity index (χ2v) is 8.72. The third kappa shape index (κ3) is 2.72. The van der Waals surface area contributed by atoms with Gasteiger partial charge in [0, 0.05) is 34.1 Å². The second-order valence-electron chi connectivity index (χ2n) is 8.72. The first-order valence-electron chi connectivity index (χ1n) is 11.7. The number of allylic oxidation sites excluding steroid dienone is 4. The van der Waals surface area contributed by atoms with E-state index in [-0.39, 0.29) is 6.71 Å². The monoisotopic (exact) mass is 432 g/mol. The van der Waals surface area contributed by atoms with Crippen LogP contribution in [-0.4, -0.2) is 6.71 Å². The molecule has 0 saturated carbocycles. The maximum Gasteiger partial charge on any atom is 0.252 e. The predicted octanol–water partition coefficient (Wildman–Crippen LogP) is 6.30. The first kappa shape index (κ1) is 19.1. The Morgan fingerprint density at radius 1 is 0.529 bits per heavy atom. The predicted molar refractivity (Wildman–Crippen MR) is 144 cm³/mol. The van der Waals surface area contributed by atoms with E-state index in [1.54, 1.807) is 0 Å². The van der Waals surface area contributed by atoms with Gasteiger partial charge in [-0.2, -0.15) is 0 Å². The van der Waals surface area contributed by atoms with Gasteiger partial charge in [0.05, 0.1) is 0 Å². The summed E-state index contributed by atoms with van der Waals surface area (Å²) >= 11 is 0. The highest BCUT2D eigenvalue weighted by molar-refractivity contribution is 6.96. The number of nitrogens with zero attached hydrogens (tertiary/aromatic N) is 2. The van der Waals surface area contributed by atoms with Gasteiger partial charge in [0.1, 0.15) is 0 Å². The summed E-state index contributed by atoms with van der Waals surface area (Å²) in [6.07, 6.45) is 8.51. The Hall–Kier alpha value is -4.46. The molecule has 4 aromatic rings. The van der Waals surface area contributed by atoms with Crippen LogP contribution in [0.3, 0.4) is 0 Å². The third-order valence-electron chi connectivity index (χ3n) is 6.89. The SMILES string of the molecule is C1=CC=C2B3c4ccccc4N(c4ccccc4)c4cccc(c43)N(c3ccccc3)C2=CC=1. The van der Waals surface area contributed by atoms with Crippen LogP contribution in [0, 0.1) is 0 Å². The van der Waals surface area contributed by atoms with Crippen LogP contribution < -0.4 is 20.7 Å². The van der Waals surface area contributed by atoms with Crippen LogP contribution in [0.4, 0.5) is 28.4 Å². The van der Waals surface area contributed by atoms with Gasteiger partial charge >= 0.3 is 0 Å². The Morgan fingerprint density at radius 3 is 1.88 bits per heavy atom. The Kier molecular flexibility index (Phi) is 4.23. The third-order valence-corrected chi connectivity index (χ3v) is 6.89. The molecule has 0 saturated heterocycles. The molecule has 0 spiro atoms. The molecule has 34 heavy (non-hydrogen) atoms. The zero-order chi connectivity index (χ0) is 22.5. The number of rotatable bonds is 2. The van der Waals surface area contributed by atoms with Crippen LogP contribution in [0.25, 0.3) is 0 Å². The summed E-state index contributed by atoms with van der Waals surface area (Å²) in [7, 11) is 0. The van der Waals surface area contributed by atoms with Crippen molar-refractivity contribution >= 4 is 46.1 Å². The van der Waals surface area contributed by atoms with E-state index in [0.29, 0.717) is 0 Å². The van der Waals surface area contributed by atoms with E-state index >= 15 is 0 Å². The van der Waals surface area contributed by atoms with Gasteiger partial charge in [-0.05, 0) is 77.1 Å². The van der Waals surface area contributed by atoms with Crippen LogP contribution in [0.5, 0.6) is 0 Å². The molecule has 0 unspecified atom stereocenters. The van der Waals surface area contributed by atoms with Gasteiger partial charge in [0.15, 0.2) is 0 Å². The maximum atomic E-state index is 3.30. The van der Waals surface area contributed by atoms with Crippen molar-refractivity contribution in [2.75, 3.05) is 9.80 Å². The van der Waals surface area contributed by atoms with Gasteiger partial charge in [-0.3, -0.25) is 0 Å². The molecule has 2 nitrogen and oxygen atoms in total. The fraction of sp³-hybridized carbons (Fsp3) is 0. The molecular weight excluding hydrogens is 411 g/mol. The summed E-state index contributed by atoms with van der Waals surface area (Å²) in [5.74, 6) is 0. The summed E-state index contributed by atoms with van der Waals surface area (Å²) in [5, 5.41) is 0. The van der Waals surface area contributed by atoms with Gasteiger partial charge < -0.3 is 9.80 Å². The van der Waals surface area contributed by atoms with Crippen molar-refractivity contribution in [3.63, 3.8) is 0 Å². The molecule has 0 fully saturated rings. The second kappa shape index (κ2) is 7.55. The largest absolute Gasteiger partial charge is 0.311 e. The molecule has 4 aromatic carbocycles. The summed E-state index contributed by atoms with van der Waals surface area (Å²) in [4.78, 5) is 4.81. The minimum atomic E-state index is 0.151. The molecule has 0 radical (unpaired) electrons. The van der Waals surface area contributed by atoms with Crippen molar-refractivity contribution in [3.05, 3.63) is 144 Å². The molecule has 0 N–H and O–H groups in total. The van der Waals surface area contributed by atoms with Gasteiger partial charge in [-0.1, -0.05) is 66.7 Å². The van der Waals surface area contributed by atoms with Gasteiger partial charge in [-0.15, -0.1) is 5.73 Å². The first-order valence-corrected chi connectivity index (χ1v) is 11.7. The topological polar surface area (TPSA) is 6.48 Å². The number of hydrogen-bond acceptors (Lipinski definition) is 2. The highest BCUT2D eigenvalue weighted by Gasteiger charge is 2.44. The molecule has 0 aromatic heterocycles. The molecule has 1 aliphatic carbocycles. The van der Waals surface area contributed by atoms with E-state index in [2.05, 4.69) is 131 Å². The van der Waals surface area contributed by atoms with Crippen molar-refractivity contribution in [2.24, 2.45) is 0 Å². The van der Waals surface area contributed by atoms with E-state index in [1.165, 1.54) is 44.8 Å². The van der Waals surface area contributed by atoms with E-state index < -0.39 is 0 Å². The number of hydrogen-bond donors (Lipinski definition) is 0. The van der Waals surface area contributed by atoms with Crippen LogP contribution in [0.1, 0.15) is 0 Å². The Labute approximate surface area is 200 Å². The Bertz CT molecular complexity index is 1540. The molecule has 0 bridgehead atoms. The average Bonchev–Trinajstić information content (AvgIpc) is 3.15. The van der Waals surface area contributed by atoms with Gasteiger partial charge in [0.2, 0.25) is 0 Å². The Morgan fingerprint density at radius 2 is 1.12 bits per heavy atom. The fourth-order valence-electron chi connectivity index (χ4n) is 5.56. The maximum absolute atomic E-state index is 3.30. The number of fused-ring (bicyclic) bond motifs is 4. The van der Waals surface area contributed by atoms with Crippen LogP contribution in [0.2, 0.25) is 0 Å². The molecule has 0 atom stereocenters. The lowest BCUT2D eigenvalue weighted by Gasteiger charge is -2.45. The van der Waals surface area contributed by atoms with Crippen LogP contribution in [0.15, 0.2) is 144 Å². The normalized spacial score (nSPS) is 15.1. The quantitative estimate of drug-likeness (QED) is 0.271. The van der Waals surface area contributed by atoms with Gasteiger partial charge in [-0.25, -0.2) is 0 Å². The van der Waals surface area contributed by atoms with Crippen molar-refractivity contribution in [1.82, 2.24) is 0 Å². The minimum absolute atomic E-state index is 0.151.